The van der Waals surface area contributed by atoms with Gasteiger partial charge in [0.2, 0.25) is 0 Å². The van der Waals surface area contributed by atoms with Gasteiger partial charge in [-0.2, -0.15) is 0 Å². The number of pyridine rings is 6. The van der Waals surface area contributed by atoms with Crippen LogP contribution in [0.5, 0.6) is 0 Å². The van der Waals surface area contributed by atoms with E-state index in [1.54, 1.807) is 88.6 Å². The molecule has 111 heavy (non-hydrogen) atoms. The highest BCUT2D eigenvalue weighted by Gasteiger charge is 2.52. The molecule has 7 N–H and O–H groups in total. The van der Waals surface area contributed by atoms with Gasteiger partial charge in [-0.15, -0.1) is 0 Å². The first-order valence-electron chi connectivity index (χ1n) is 34.1. The molecule has 4 aromatic carbocycles. The van der Waals surface area contributed by atoms with Crippen LogP contribution >= 0.6 is 73.9 Å². The van der Waals surface area contributed by atoms with Crippen LogP contribution in [0, 0.1) is 43.5 Å². The van der Waals surface area contributed by atoms with Crippen LogP contribution < -0.4 is 38.8 Å². The maximum Gasteiger partial charge on any atom is 0.494 e. The highest BCUT2D eigenvalue weighted by molar-refractivity contribution is 9.10. The first-order valence-corrected chi connectivity index (χ1v) is 36.7. The Morgan fingerprint density at radius 1 is 0.514 bits per heavy atom. The number of nitrogens with two attached hydrogens (primary N) is 1. The Kier molecular flexibility index (Phi) is 32.1. The molecular formula is C78H79BBrCl5F4N10O12. The van der Waals surface area contributed by atoms with Crippen molar-refractivity contribution in [1.82, 2.24) is 29.9 Å². The summed E-state index contributed by atoms with van der Waals surface area (Å²) in [7, 11) is -0.502. The van der Waals surface area contributed by atoms with Gasteiger partial charge in [0.05, 0.1) is 73.9 Å². The molecule has 7 heterocycles. The largest absolute Gasteiger partial charge is 0.494 e. The van der Waals surface area contributed by atoms with Gasteiger partial charge in [0.1, 0.15) is 34.8 Å². The Hall–Kier alpha value is -9.65. The standard InChI is InChI=1S/C22H21ClFN3O2.C14H12ClFN2O3.C14H14ClFN2O.C12H15BClFO2.C8H9BrN2O3.C8H8ClNO/c1-12(2)21-20(26-15-6-7-25-16(10-15)8-13(3)28)11-17(22(29)27-21)14-4-5-19(24)18(23)9-14;1-7(2)13-12(18(20)21)6-9(14(19)17-13)8-3-4-11(16)10(15)5-8;1-7(2)13-12(17)6-9(14(19)18-13)8-3-4-11(16)10(15)5-8;1-11(2)12(3,4)17-13(16-11)8-5-6-10(15)9(14)7-8;1-4(2)7-6(11(13)14)3-5(9)8(12)10-7;1-6(11)4-8-5-7(9)2-3-10-8/h4-7,9-12H,8H2,1-3H3,(H,25,26)(H,27,29);3-7H,1-2H3,(H,17,19);3-7H,17H2,1-2H3,(H,18,19);5-7H,1-4H3;3-4H,1-2H3,(H,10,12);2-3,5H,4H2,1H3. The molecule has 33 heteroatoms. The Labute approximate surface area is 669 Å². The predicted octanol–water partition coefficient (Wildman–Crippen LogP) is 19.4. The van der Waals surface area contributed by atoms with E-state index in [4.69, 9.17) is 73.0 Å². The van der Waals surface area contributed by atoms with E-state index >= 15 is 0 Å². The minimum Gasteiger partial charge on any atom is -0.399 e. The number of H-pyrrole nitrogens is 4. The molecule has 1 saturated heterocycles. The van der Waals surface area contributed by atoms with Gasteiger partial charge in [0.15, 0.2) is 0 Å². The number of nitrogens with one attached hydrogen (secondary N) is 5. The fourth-order valence-electron chi connectivity index (χ4n) is 10.5. The van der Waals surface area contributed by atoms with Crippen LogP contribution in [0.15, 0.2) is 157 Å². The van der Waals surface area contributed by atoms with Crippen molar-refractivity contribution in [3.8, 4) is 33.4 Å². The van der Waals surface area contributed by atoms with Crippen LogP contribution in [0.1, 0.15) is 155 Å². The number of halogens is 10. The number of carbonyl (C=O) groups excluding carboxylic acids is 2. The maximum atomic E-state index is 13.5. The molecule has 0 aliphatic carbocycles. The quantitative estimate of drug-likeness (QED) is 0.0227. The number of carbonyl (C=O) groups is 2. The first kappa shape index (κ1) is 90.2. The number of rotatable bonds is 16. The number of nitrogen functional groups attached to an aromatic ring is 1. The Balaban J connectivity index is 0.000000213. The zero-order chi connectivity index (χ0) is 83.0. The lowest BCUT2D eigenvalue weighted by molar-refractivity contribution is -0.386. The van der Waals surface area contributed by atoms with Gasteiger partial charge in [0, 0.05) is 93.8 Å². The smallest absolute Gasteiger partial charge is 0.399 e. The average Bonchev–Trinajstić information content (AvgIpc) is 1.64. The fourth-order valence-corrected chi connectivity index (χ4v) is 11.7. The molecule has 1 aliphatic heterocycles. The van der Waals surface area contributed by atoms with Crippen LogP contribution in [0.2, 0.25) is 25.1 Å². The molecule has 0 atom stereocenters. The summed E-state index contributed by atoms with van der Waals surface area (Å²) in [6.45, 7) is 25.8. The van der Waals surface area contributed by atoms with Crippen molar-refractivity contribution in [1.29, 1.82) is 0 Å². The van der Waals surface area contributed by atoms with E-state index in [9.17, 15) is 66.6 Å². The maximum absolute atomic E-state index is 13.5. The molecule has 1 fully saturated rings. The Morgan fingerprint density at radius 3 is 1.29 bits per heavy atom. The summed E-state index contributed by atoms with van der Waals surface area (Å²) in [5.74, 6) is -2.12. The third-order valence-electron chi connectivity index (χ3n) is 16.8. The topological polar surface area (TPSA) is 334 Å². The van der Waals surface area contributed by atoms with Crippen LogP contribution in [0.25, 0.3) is 33.4 Å². The lowest BCUT2D eigenvalue weighted by Gasteiger charge is -2.32. The third-order valence-corrected chi connectivity index (χ3v) is 18.8. The second-order valence-corrected chi connectivity index (χ2v) is 30.4. The zero-order valence-electron chi connectivity index (χ0n) is 62.5. The number of nitro groups is 2. The molecule has 10 aromatic rings. The van der Waals surface area contributed by atoms with Gasteiger partial charge in [-0.3, -0.25) is 59.0 Å². The van der Waals surface area contributed by atoms with E-state index in [1.165, 1.54) is 80.6 Å². The number of Topliss-reactive ketones (excluding diaryl/α,β-unsaturated/α-hetero) is 2. The fraction of sp³-hybridized carbons (Fsp3) is 0.282. The Morgan fingerprint density at radius 2 is 0.883 bits per heavy atom. The number of hydrogen-bond acceptors (Lipinski definition) is 16. The number of aromatic nitrogens is 6. The molecule has 0 saturated carbocycles. The number of benzene rings is 4. The molecular weight excluding hydrogens is 1610 g/mol. The minimum absolute atomic E-state index is 0.0246. The van der Waals surface area contributed by atoms with Crippen LogP contribution in [-0.2, 0) is 31.7 Å². The SMILES string of the molecule is CC(=O)Cc1cc(Cl)ccn1.CC(=O)Cc1cc(Nc2cc(-c3ccc(F)c(Cl)c3)c(=O)[nH]c2C(C)C)ccn1.CC(C)c1[nH]c(=O)c(-c2ccc(F)c(Cl)c2)cc1N.CC(C)c1[nH]c(=O)c(-c2ccc(F)c(Cl)c2)cc1[N+](=O)[O-].CC(C)c1[nH]c(=O)c(Br)cc1[N+](=O)[O-].CC1(C)OB(c2ccc(F)c(Cl)c2)OC1(C)C. The lowest BCUT2D eigenvalue weighted by atomic mass is 9.79. The highest BCUT2D eigenvalue weighted by Crippen LogP contribution is 2.38. The van der Waals surface area contributed by atoms with E-state index in [0.29, 0.717) is 67.7 Å². The van der Waals surface area contributed by atoms with Crippen LogP contribution in [0.3, 0.4) is 0 Å². The van der Waals surface area contributed by atoms with Crippen molar-refractivity contribution in [2.45, 2.75) is 145 Å². The molecule has 0 bridgehead atoms. The summed E-state index contributed by atoms with van der Waals surface area (Å²) in [6.07, 6.45) is 3.83. The lowest BCUT2D eigenvalue weighted by Crippen LogP contribution is -2.41. The number of nitrogens with zero attached hydrogens (tertiary/aromatic N) is 4. The van der Waals surface area contributed by atoms with Crippen LogP contribution in [-0.4, -0.2) is 69.6 Å². The van der Waals surface area contributed by atoms with Gasteiger partial charge in [-0.05, 0) is 176 Å². The van der Waals surface area contributed by atoms with E-state index in [1.807, 2.05) is 55.4 Å². The summed E-state index contributed by atoms with van der Waals surface area (Å²) in [5, 5.41) is 25.6. The molecule has 0 radical (unpaired) electrons. The van der Waals surface area contributed by atoms with Gasteiger partial charge in [0.25, 0.3) is 33.6 Å². The normalized spacial score (nSPS) is 12.5. The van der Waals surface area contributed by atoms with E-state index in [2.05, 4.69) is 51.2 Å². The molecule has 0 spiro atoms. The second kappa shape index (κ2) is 39.5. The van der Waals surface area contributed by atoms with Crippen molar-refractivity contribution in [3.63, 3.8) is 0 Å². The van der Waals surface area contributed by atoms with Gasteiger partial charge in [-0.25, -0.2) is 17.6 Å². The molecule has 6 aromatic heterocycles. The number of anilines is 3. The minimum atomic E-state index is -0.620. The van der Waals surface area contributed by atoms with Crippen molar-refractivity contribution in [3.05, 3.63) is 282 Å². The third kappa shape index (κ3) is 24.9. The van der Waals surface area contributed by atoms with E-state index < -0.39 is 57.0 Å². The number of hydrogen-bond donors (Lipinski definition) is 6. The summed E-state index contributed by atoms with van der Waals surface area (Å²) < 4.78 is 64.7. The summed E-state index contributed by atoms with van der Waals surface area (Å²) in [4.78, 5) is 110. The van der Waals surface area contributed by atoms with Gasteiger partial charge < -0.3 is 40.3 Å². The Bertz CT molecular complexity index is 5340. The van der Waals surface area contributed by atoms with Crippen molar-refractivity contribution in [2.24, 2.45) is 0 Å². The summed E-state index contributed by atoms with van der Waals surface area (Å²) in [5.41, 5.74) is 11.8. The molecule has 0 amide bonds. The second-order valence-electron chi connectivity index (χ2n) is 27.4. The van der Waals surface area contributed by atoms with Crippen LogP contribution in [0.4, 0.5) is 46.0 Å². The monoisotopic (exact) mass is 1690 g/mol. The molecule has 11 rings (SSSR count). The average molecular weight is 1690 g/mol. The van der Waals surface area contributed by atoms with Crippen molar-refractivity contribution < 1.29 is 46.3 Å². The number of aromatic amines is 4. The number of ketones is 2. The molecule has 22 nitrogen and oxygen atoms in total. The molecule has 586 valence electrons. The van der Waals surface area contributed by atoms with Gasteiger partial charge >= 0.3 is 7.12 Å². The van der Waals surface area contributed by atoms with Crippen molar-refractivity contribution in [2.75, 3.05) is 11.1 Å². The summed E-state index contributed by atoms with van der Waals surface area (Å²) >= 11 is 31.7. The van der Waals surface area contributed by atoms with Gasteiger partial charge in [-0.1, -0.05) is 138 Å². The zero-order valence-corrected chi connectivity index (χ0v) is 67.9. The summed E-state index contributed by atoms with van der Waals surface area (Å²) in [6, 6.07) is 29.2. The van der Waals surface area contributed by atoms with Crippen molar-refractivity contribution >= 4 is 127 Å². The molecule has 0 unspecified atom stereocenters. The van der Waals surface area contributed by atoms with E-state index in [-0.39, 0.29) is 106 Å². The predicted molar refractivity (Wildman–Crippen MR) is 434 cm³/mol. The molecule has 1 aliphatic rings. The first-order chi connectivity index (χ1) is 51.8. The highest BCUT2D eigenvalue weighted by atomic mass is 79.9. The van der Waals surface area contributed by atoms with E-state index in [0.717, 1.165) is 28.6 Å².